The van der Waals surface area contributed by atoms with Crippen LogP contribution in [0, 0.1) is 5.92 Å². The van der Waals surface area contributed by atoms with Gasteiger partial charge in [0.2, 0.25) is 0 Å². The zero-order chi connectivity index (χ0) is 16.9. The molecular weight excluding hydrogens is 306 g/mol. The van der Waals surface area contributed by atoms with Gasteiger partial charge in [0, 0.05) is 17.0 Å². The van der Waals surface area contributed by atoms with Crippen LogP contribution in [0.2, 0.25) is 0 Å². The third-order valence-corrected chi connectivity index (χ3v) is 7.28. The maximum absolute atomic E-state index is 11.1. The van der Waals surface area contributed by atoms with E-state index >= 15 is 0 Å². The maximum Gasteiger partial charge on any atom is 0.165 e. The lowest BCUT2D eigenvalue weighted by Crippen LogP contribution is -2.72. The summed E-state index contributed by atoms with van der Waals surface area (Å²) in [6, 6.07) is 4.53. The number of aliphatic hydroxyl groups is 2. The molecule has 1 saturated heterocycles. The molecule has 1 saturated carbocycles. The minimum atomic E-state index is -1.25. The zero-order valence-electron chi connectivity index (χ0n) is 14.5. The van der Waals surface area contributed by atoms with Crippen LogP contribution in [0.4, 0.5) is 0 Å². The van der Waals surface area contributed by atoms with Crippen molar-refractivity contribution >= 4 is 0 Å². The average Bonchev–Trinajstić information content (AvgIpc) is 2.90. The van der Waals surface area contributed by atoms with Gasteiger partial charge in [0.1, 0.15) is 11.7 Å². The predicted octanol–water partition coefficient (Wildman–Crippen LogP) is 1.09. The molecule has 5 rings (SSSR count). The number of nitrogens with zero attached hydrogens (tertiary/aromatic N) is 1. The number of hydrogen-bond donors (Lipinski definition) is 2. The minimum Gasteiger partial charge on any atom is -0.493 e. The summed E-state index contributed by atoms with van der Waals surface area (Å²) in [4.78, 5) is 2.42. The molecule has 0 amide bonds. The van der Waals surface area contributed by atoms with Crippen LogP contribution in [0.15, 0.2) is 12.1 Å². The quantitative estimate of drug-likeness (QED) is 0.806. The Morgan fingerprint density at radius 1 is 1.38 bits per heavy atom. The van der Waals surface area contributed by atoms with E-state index in [1.807, 2.05) is 6.07 Å². The molecule has 0 unspecified atom stereocenters. The van der Waals surface area contributed by atoms with Gasteiger partial charge in [-0.05, 0) is 57.3 Å². The van der Waals surface area contributed by atoms with Gasteiger partial charge in [-0.1, -0.05) is 6.07 Å². The molecule has 1 spiro atoms. The molecule has 1 aromatic rings. The van der Waals surface area contributed by atoms with Crippen LogP contribution in [0.1, 0.15) is 30.9 Å². The van der Waals surface area contributed by atoms with E-state index in [4.69, 9.17) is 9.47 Å². The van der Waals surface area contributed by atoms with Gasteiger partial charge in [-0.3, -0.25) is 0 Å². The van der Waals surface area contributed by atoms with Crippen LogP contribution in [-0.2, 0) is 11.8 Å². The average molecular weight is 331 g/mol. The first-order chi connectivity index (χ1) is 11.4. The fourth-order valence-electron chi connectivity index (χ4n) is 6.10. The van der Waals surface area contributed by atoms with Crippen molar-refractivity contribution in [2.75, 3.05) is 20.7 Å². The van der Waals surface area contributed by atoms with Crippen LogP contribution in [0.3, 0.4) is 0 Å². The number of benzene rings is 1. The lowest BCUT2D eigenvalue weighted by Gasteiger charge is -2.61. The first-order valence-corrected chi connectivity index (χ1v) is 8.89. The summed E-state index contributed by atoms with van der Waals surface area (Å²) in [5.74, 6) is 1.83. The molecule has 24 heavy (non-hydrogen) atoms. The normalized spacial score (nSPS) is 45.5. The highest BCUT2D eigenvalue weighted by Gasteiger charge is 2.70. The van der Waals surface area contributed by atoms with E-state index in [1.165, 1.54) is 11.1 Å². The van der Waals surface area contributed by atoms with E-state index in [-0.39, 0.29) is 5.41 Å². The second-order valence-electron chi connectivity index (χ2n) is 8.26. The molecule has 0 aromatic heterocycles. The Morgan fingerprint density at radius 3 is 2.92 bits per heavy atom. The molecule has 1 aromatic carbocycles. The molecule has 4 aliphatic rings. The third kappa shape index (κ3) is 1.48. The van der Waals surface area contributed by atoms with Crippen molar-refractivity contribution in [2.45, 2.75) is 55.5 Å². The van der Waals surface area contributed by atoms with Crippen molar-refractivity contribution in [1.29, 1.82) is 0 Å². The minimum absolute atomic E-state index is 0.211. The van der Waals surface area contributed by atoms with Gasteiger partial charge >= 0.3 is 0 Å². The summed E-state index contributed by atoms with van der Waals surface area (Å²) >= 11 is 0. The first-order valence-electron chi connectivity index (χ1n) is 8.89. The summed E-state index contributed by atoms with van der Waals surface area (Å²) < 4.78 is 11.9. The molecule has 5 nitrogen and oxygen atoms in total. The number of likely N-dealkylation sites (N-methyl/N-ethyl adjacent to an activating group) is 1. The zero-order valence-corrected chi connectivity index (χ0v) is 14.5. The van der Waals surface area contributed by atoms with E-state index in [0.29, 0.717) is 18.4 Å². The van der Waals surface area contributed by atoms with Crippen molar-refractivity contribution in [2.24, 2.45) is 5.92 Å². The molecule has 2 aliphatic carbocycles. The molecule has 2 aliphatic heterocycles. The maximum atomic E-state index is 11.1. The Balaban J connectivity index is 1.81. The standard InChI is InChI=1S/C19H25NO4/c1-18(22)14(21)9-11-12-8-10-4-5-13(23-3)16-15(10)19(11,17(18)24-16)6-7-20(12)2/h4-5,11-12,14,17,21-22H,6-9H2,1-3H3/t11-,12+,14-,17-,18+,19-/m1/s1. The van der Waals surface area contributed by atoms with Gasteiger partial charge in [0.25, 0.3) is 0 Å². The lowest BCUT2D eigenvalue weighted by molar-refractivity contribution is -0.202. The van der Waals surface area contributed by atoms with Gasteiger partial charge in [-0.15, -0.1) is 0 Å². The van der Waals surface area contributed by atoms with E-state index in [1.54, 1.807) is 14.0 Å². The second kappa shape index (κ2) is 4.45. The van der Waals surface area contributed by atoms with Crippen molar-refractivity contribution in [3.8, 4) is 11.5 Å². The summed E-state index contributed by atoms with van der Waals surface area (Å²) in [5.41, 5.74) is 1.09. The van der Waals surface area contributed by atoms with Crippen molar-refractivity contribution < 1.29 is 19.7 Å². The highest BCUT2D eigenvalue weighted by atomic mass is 16.5. The number of ether oxygens (including phenoxy) is 2. The van der Waals surface area contributed by atoms with Crippen LogP contribution >= 0.6 is 0 Å². The van der Waals surface area contributed by atoms with Gasteiger partial charge in [0.05, 0.1) is 13.2 Å². The van der Waals surface area contributed by atoms with Crippen LogP contribution < -0.4 is 9.47 Å². The van der Waals surface area contributed by atoms with Gasteiger partial charge in [0.15, 0.2) is 11.5 Å². The summed E-state index contributed by atoms with van der Waals surface area (Å²) in [6.07, 6.45) is 1.36. The lowest BCUT2D eigenvalue weighted by atomic mass is 9.49. The second-order valence-corrected chi connectivity index (χ2v) is 8.26. The molecule has 6 atom stereocenters. The Kier molecular flexibility index (Phi) is 2.78. The molecule has 2 N–H and O–H groups in total. The van der Waals surface area contributed by atoms with Crippen LogP contribution in [0.25, 0.3) is 0 Å². The molecule has 2 bridgehead atoms. The molecular formula is C19H25NO4. The largest absolute Gasteiger partial charge is 0.493 e. The number of rotatable bonds is 1. The number of aliphatic hydroxyl groups excluding tert-OH is 1. The fourth-order valence-corrected chi connectivity index (χ4v) is 6.10. The summed E-state index contributed by atoms with van der Waals surface area (Å²) in [5, 5.41) is 21.8. The topological polar surface area (TPSA) is 62.2 Å². The number of likely N-dealkylation sites (tertiary alicyclic amines) is 1. The number of piperidine rings is 1. The monoisotopic (exact) mass is 331 g/mol. The number of hydrogen-bond acceptors (Lipinski definition) is 5. The number of methoxy groups -OCH3 is 1. The van der Waals surface area contributed by atoms with Gasteiger partial charge < -0.3 is 24.6 Å². The summed E-state index contributed by atoms with van der Waals surface area (Å²) in [6.45, 7) is 2.72. The van der Waals surface area contributed by atoms with Gasteiger partial charge in [-0.25, -0.2) is 0 Å². The van der Waals surface area contributed by atoms with Crippen molar-refractivity contribution in [1.82, 2.24) is 4.90 Å². The van der Waals surface area contributed by atoms with Crippen LogP contribution in [0.5, 0.6) is 11.5 Å². The highest BCUT2D eigenvalue weighted by molar-refractivity contribution is 5.61. The Labute approximate surface area is 142 Å². The van der Waals surface area contributed by atoms with Crippen molar-refractivity contribution in [3.63, 3.8) is 0 Å². The van der Waals surface area contributed by atoms with Crippen LogP contribution in [-0.4, -0.2) is 59.7 Å². The van der Waals surface area contributed by atoms with E-state index in [0.717, 1.165) is 30.9 Å². The SMILES string of the molecule is COc1ccc2c3c1O[C@@H]1[C@@](C)(O)[C@H](O)C[C@@H]4[C@H](C2)N(C)CC[C@]341. The molecule has 2 heterocycles. The predicted molar refractivity (Wildman–Crippen MR) is 88.6 cm³/mol. The Morgan fingerprint density at radius 2 is 2.17 bits per heavy atom. The molecule has 0 radical (unpaired) electrons. The van der Waals surface area contributed by atoms with E-state index < -0.39 is 17.8 Å². The smallest absolute Gasteiger partial charge is 0.165 e. The van der Waals surface area contributed by atoms with Gasteiger partial charge in [-0.2, -0.15) is 0 Å². The summed E-state index contributed by atoms with van der Waals surface area (Å²) in [7, 11) is 3.84. The first kappa shape index (κ1) is 15.0. The molecule has 5 heteroatoms. The Hall–Kier alpha value is -1.30. The van der Waals surface area contributed by atoms with E-state index in [2.05, 4.69) is 18.0 Å². The van der Waals surface area contributed by atoms with E-state index in [9.17, 15) is 10.2 Å². The molecule has 2 fully saturated rings. The Bertz CT molecular complexity index is 718. The van der Waals surface area contributed by atoms with Crippen molar-refractivity contribution in [3.05, 3.63) is 23.3 Å². The molecule has 130 valence electrons. The third-order valence-electron chi connectivity index (χ3n) is 7.28. The fraction of sp³-hybridized carbons (Fsp3) is 0.684. The highest BCUT2D eigenvalue weighted by Crippen LogP contribution is 2.65.